The van der Waals surface area contributed by atoms with Crippen molar-refractivity contribution in [3.63, 3.8) is 0 Å². The fourth-order valence-corrected chi connectivity index (χ4v) is 4.49. The summed E-state index contributed by atoms with van der Waals surface area (Å²) in [6.45, 7) is 8.23. The van der Waals surface area contributed by atoms with Crippen molar-refractivity contribution in [2.24, 2.45) is 0 Å². The van der Waals surface area contributed by atoms with Crippen LogP contribution in [0.15, 0.2) is 36.4 Å². The maximum Gasteiger partial charge on any atom is 0.260 e. The Morgan fingerprint density at radius 1 is 1.24 bits per heavy atom. The standard InChI is InChI=1S/C22H24FN3O2S/c1-15-6-7-16(2)17(14-15)21(27)26(9-8-25-10-12-28-13-11-25)22-24-20-18(23)4-3-5-19(20)29-22/h3-7,14H,8-13H2,1-2H3. The number of aromatic nitrogens is 1. The van der Waals surface area contributed by atoms with Gasteiger partial charge in [0.1, 0.15) is 11.3 Å². The molecule has 2 heterocycles. The largest absolute Gasteiger partial charge is 0.379 e. The molecule has 1 aliphatic heterocycles. The highest BCUT2D eigenvalue weighted by molar-refractivity contribution is 7.22. The SMILES string of the molecule is Cc1ccc(C)c(C(=O)N(CCN2CCOCC2)c2nc3c(F)cccc3s2)c1. The van der Waals surface area contributed by atoms with Crippen molar-refractivity contribution in [2.75, 3.05) is 44.3 Å². The second-order valence-electron chi connectivity index (χ2n) is 7.31. The van der Waals surface area contributed by atoms with E-state index >= 15 is 0 Å². The molecule has 4 rings (SSSR count). The number of carbonyl (C=O) groups is 1. The molecule has 3 aromatic rings. The molecule has 1 aliphatic rings. The number of ether oxygens (including phenoxy) is 1. The van der Waals surface area contributed by atoms with Crippen molar-refractivity contribution < 1.29 is 13.9 Å². The van der Waals surface area contributed by atoms with E-state index in [-0.39, 0.29) is 11.7 Å². The van der Waals surface area contributed by atoms with Gasteiger partial charge in [-0.25, -0.2) is 9.37 Å². The molecule has 0 unspecified atom stereocenters. The van der Waals surface area contributed by atoms with Gasteiger partial charge in [0.2, 0.25) is 0 Å². The number of aryl methyl sites for hydroxylation is 2. The van der Waals surface area contributed by atoms with Crippen molar-refractivity contribution in [3.8, 4) is 0 Å². The third kappa shape index (κ3) is 4.32. The van der Waals surface area contributed by atoms with Crippen LogP contribution in [0.3, 0.4) is 0 Å². The number of halogens is 1. The van der Waals surface area contributed by atoms with Gasteiger partial charge in [-0.15, -0.1) is 0 Å². The number of rotatable bonds is 5. The Hall–Kier alpha value is -2.35. The first-order chi connectivity index (χ1) is 14.0. The summed E-state index contributed by atoms with van der Waals surface area (Å²) in [4.78, 5) is 22.0. The van der Waals surface area contributed by atoms with E-state index in [9.17, 15) is 9.18 Å². The molecule has 29 heavy (non-hydrogen) atoms. The van der Waals surface area contributed by atoms with E-state index in [1.807, 2.05) is 38.1 Å². The molecule has 0 bridgehead atoms. The number of anilines is 1. The van der Waals surface area contributed by atoms with Crippen LogP contribution in [-0.2, 0) is 4.74 Å². The molecule has 0 spiro atoms. The molecule has 5 nitrogen and oxygen atoms in total. The summed E-state index contributed by atoms with van der Waals surface area (Å²) in [6, 6.07) is 10.8. The van der Waals surface area contributed by atoms with E-state index in [4.69, 9.17) is 4.74 Å². The number of morpholine rings is 1. The fraction of sp³-hybridized carbons (Fsp3) is 0.364. The van der Waals surface area contributed by atoms with Crippen LogP contribution in [0.4, 0.5) is 9.52 Å². The van der Waals surface area contributed by atoms with Gasteiger partial charge in [-0.1, -0.05) is 35.1 Å². The van der Waals surface area contributed by atoms with Crippen molar-refractivity contribution in [2.45, 2.75) is 13.8 Å². The Kier molecular flexibility index (Phi) is 5.89. The summed E-state index contributed by atoms with van der Waals surface area (Å²) in [7, 11) is 0. The quantitative estimate of drug-likeness (QED) is 0.634. The summed E-state index contributed by atoms with van der Waals surface area (Å²) in [5.74, 6) is -0.462. The van der Waals surface area contributed by atoms with Crippen LogP contribution in [0.2, 0.25) is 0 Å². The molecule has 0 N–H and O–H groups in total. The third-order valence-electron chi connectivity index (χ3n) is 5.20. The van der Waals surface area contributed by atoms with E-state index < -0.39 is 0 Å². The number of para-hydroxylation sites is 1. The smallest absolute Gasteiger partial charge is 0.260 e. The molecule has 1 amide bonds. The lowest BCUT2D eigenvalue weighted by atomic mass is 10.0. The highest BCUT2D eigenvalue weighted by Crippen LogP contribution is 2.31. The Morgan fingerprint density at radius 2 is 2.03 bits per heavy atom. The van der Waals surface area contributed by atoms with E-state index in [1.165, 1.54) is 17.4 Å². The molecule has 0 radical (unpaired) electrons. The third-order valence-corrected chi connectivity index (χ3v) is 6.25. The van der Waals surface area contributed by atoms with Crippen LogP contribution in [-0.4, -0.2) is 55.2 Å². The highest BCUT2D eigenvalue weighted by atomic mass is 32.1. The second-order valence-corrected chi connectivity index (χ2v) is 8.32. The van der Waals surface area contributed by atoms with E-state index in [0.717, 1.165) is 35.5 Å². The number of benzene rings is 2. The van der Waals surface area contributed by atoms with Gasteiger partial charge in [0.25, 0.3) is 5.91 Å². The summed E-state index contributed by atoms with van der Waals surface area (Å²) in [5, 5.41) is 0.532. The van der Waals surface area contributed by atoms with Gasteiger partial charge < -0.3 is 4.74 Å². The number of nitrogens with zero attached hydrogens (tertiary/aromatic N) is 3. The first-order valence-corrected chi connectivity index (χ1v) is 10.6. The lowest BCUT2D eigenvalue weighted by Gasteiger charge is -2.29. The number of hydrogen-bond donors (Lipinski definition) is 0. The molecule has 1 aromatic heterocycles. The molecule has 7 heteroatoms. The molecule has 0 aliphatic carbocycles. The van der Waals surface area contributed by atoms with E-state index in [1.54, 1.807) is 11.0 Å². The molecular weight excluding hydrogens is 389 g/mol. The first-order valence-electron chi connectivity index (χ1n) is 9.77. The minimum absolute atomic E-state index is 0.0982. The van der Waals surface area contributed by atoms with Gasteiger partial charge in [0, 0.05) is 31.7 Å². The van der Waals surface area contributed by atoms with Crippen LogP contribution in [0.5, 0.6) is 0 Å². The van der Waals surface area contributed by atoms with Crippen LogP contribution < -0.4 is 4.90 Å². The number of thiazole rings is 1. The summed E-state index contributed by atoms with van der Waals surface area (Å²) >= 11 is 1.35. The average Bonchev–Trinajstić information content (AvgIpc) is 3.16. The van der Waals surface area contributed by atoms with Crippen LogP contribution in [0.1, 0.15) is 21.5 Å². The lowest BCUT2D eigenvalue weighted by Crippen LogP contribution is -2.43. The van der Waals surface area contributed by atoms with Crippen LogP contribution in [0.25, 0.3) is 10.2 Å². The monoisotopic (exact) mass is 413 g/mol. The molecular formula is C22H24FN3O2S. The summed E-state index contributed by atoms with van der Waals surface area (Å²) in [5.41, 5.74) is 2.93. The predicted octanol–water partition coefficient (Wildman–Crippen LogP) is 4.03. The molecule has 2 aromatic carbocycles. The Balaban J connectivity index is 1.68. The highest BCUT2D eigenvalue weighted by Gasteiger charge is 2.24. The fourth-order valence-electron chi connectivity index (χ4n) is 3.48. The maximum absolute atomic E-state index is 14.2. The summed E-state index contributed by atoms with van der Waals surface area (Å²) in [6.07, 6.45) is 0. The molecule has 1 saturated heterocycles. The van der Waals surface area contributed by atoms with E-state index in [2.05, 4.69) is 9.88 Å². The minimum atomic E-state index is -0.364. The minimum Gasteiger partial charge on any atom is -0.379 e. The van der Waals surface area contributed by atoms with Gasteiger partial charge in [0.15, 0.2) is 5.13 Å². The van der Waals surface area contributed by atoms with Crippen molar-refractivity contribution >= 4 is 32.6 Å². The average molecular weight is 414 g/mol. The molecule has 0 saturated carbocycles. The number of hydrogen-bond acceptors (Lipinski definition) is 5. The van der Waals surface area contributed by atoms with E-state index in [0.29, 0.717) is 36.0 Å². The van der Waals surface area contributed by atoms with Crippen molar-refractivity contribution in [3.05, 3.63) is 58.9 Å². The number of fused-ring (bicyclic) bond motifs is 1. The number of amides is 1. The topological polar surface area (TPSA) is 45.7 Å². The number of carbonyl (C=O) groups excluding carboxylic acids is 1. The second kappa shape index (κ2) is 8.57. The summed E-state index contributed by atoms with van der Waals surface area (Å²) < 4.78 is 20.4. The van der Waals surface area contributed by atoms with Crippen molar-refractivity contribution in [1.29, 1.82) is 0 Å². The van der Waals surface area contributed by atoms with Gasteiger partial charge in [-0.05, 0) is 37.6 Å². The Labute approximate surface area is 173 Å². The Morgan fingerprint density at radius 3 is 2.79 bits per heavy atom. The van der Waals surface area contributed by atoms with Crippen molar-refractivity contribution in [1.82, 2.24) is 9.88 Å². The van der Waals surface area contributed by atoms with Crippen LogP contribution in [0, 0.1) is 19.7 Å². The van der Waals surface area contributed by atoms with Gasteiger partial charge in [-0.2, -0.15) is 0 Å². The van der Waals surface area contributed by atoms with Gasteiger partial charge in [-0.3, -0.25) is 14.6 Å². The predicted molar refractivity (Wildman–Crippen MR) is 114 cm³/mol. The van der Waals surface area contributed by atoms with Gasteiger partial charge in [0.05, 0.1) is 17.9 Å². The Bertz CT molecular complexity index is 1030. The zero-order valence-corrected chi connectivity index (χ0v) is 17.5. The molecule has 0 atom stereocenters. The molecule has 1 fully saturated rings. The molecule has 152 valence electrons. The maximum atomic E-state index is 14.2. The zero-order valence-electron chi connectivity index (χ0n) is 16.7. The van der Waals surface area contributed by atoms with Crippen LogP contribution >= 0.6 is 11.3 Å². The van der Waals surface area contributed by atoms with Gasteiger partial charge >= 0.3 is 0 Å². The lowest BCUT2D eigenvalue weighted by molar-refractivity contribution is 0.0391. The zero-order chi connectivity index (χ0) is 20.4. The first kappa shape index (κ1) is 19.9. The normalized spacial score (nSPS) is 15.0.